The summed E-state index contributed by atoms with van der Waals surface area (Å²) in [5, 5.41) is 0. The third-order valence-corrected chi connectivity index (χ3v) is 4.58. The van der Waals surface area contributed by atoms with Crippen LogP contribution in [0.1, 0.15) is 104 Å². The Morgan fingerprint density at radius 1 is 0.739 bits per heavy atom. The molecule has 0 aromatic carbocycles. The largest absolute Gasteiger partial charge is 0.507 e. The Kier molecular flexibility index (Phi) is 17.1. The summed E-state index contributed by atoms with van der Waals surface area (Å²) in [6.45, 7) is 5.03. The topological polar surface area (TPSA) is 35.5 Å². The molecule has 0 amide bonds. The van der Waals surface area contributed by atoms with Gasteiger partial charge in [-0.1, -0.05) is 90.9 Å². The summed E-state index contributed by atoms with van der Waals surface area (Å²) in [7, 11) is 1.35. The number of methoxy groups -OCH3 is 1. The second kappa shape index (κ2) is 17.6. The van der Waals surface area contributed by atoms with Gasteiger partial charge in [0.2, 0.25) is 0 Å². The molecule has 0 N–H and O–H groups in total. The van der Waals surface area contributed by atoms with E-state index in [0.29, 0.717) is 6.61 Å². The van der Waals surface area contributed by atoms with E-state index in [2.05, 4.69) is 18.6 Å². The van der Waals surface area contributed by atoms with Crippen molar-refractivity contribution in [2.24, 2.45) is 5.92 Å². The van der Waals surface area contributed by atoms with Gasteiger partial charge < -0.3 is 9.47 Å². The van der Waals surface area contributed by atoms with Crippen LogP contribution in [0.3, 0.4) is 0 Å². The lowest BCUT2D eigenvalue weighted by molar-refractivity contribution is 0.0710. The molecule has 23 heavy (non-hydrogen) atoms. The third kappa shape index (κ3) is 15.9. The number of hydrogen-bond acceptors (Lipinski definition) is 3. The van der Waals surface area contributed by atoms with Crippen molar-refractivity contribution in [3.8, 4) is 0 Å². The third-order valence-electron chi connectivity index (χ3n) is 4.58. The fourth-order valence-electron chi connectivity index (χ4n) is 3.08. The minimum absolute atomic E-state index is 0.492. The van der Waals surface area contributed by atoms with Crippen LogP contribution in [0.4, 0.5) is 4.79 Å². The van der Waals surface area contributed by atoms with Crippen molar-refractivity contribution >= 4 is 6.16 Å². The van der Waals surface area contributed by atoms with Crippen LogP contribution in [0.2, 0.25) is 0 Å². The second-order valence-corrected chi connectivity index (χ2v) is 6.72. The number of carbonyl (C=O) groups excluding carboxylic acids is 1. The van der Waals surface area contributed by atoms with E-state index in [1.54, 1.807) is 0 Å². The highest BCUT2D eigenvalue weighted by Crippen LogP contribution is 2.23. The van der Waals surface area contributed by atoms with Crippen molar-refractivity contribution in [2.75, 3.05) is 13.7 Å². The number of carbonyl (C=O) groups is 1. The van der Waals surface area contributed by atoms with Crippen molar-refractivity contribution in [3.63, 3.8) is 0 Å². The molecule has 138 valence electrons. The van der Waals surface area contributed by atoms with Crippen molar-refractivity contribution in [2.45, 2.75) is 104 Å². The van der Waals surface area contributed by atoms with E-state index in [4.69, 9.17) is 4.74 Å². The lowest BCUT2D eigenvalue weighted by atomic mass is 9.90. The monoisotopic (exact) mass is 328 g/mol. The Morgan fingerprint density at radius 3 is 1.74 bits per heavy atom. The van der Waals surface area contributed by atoms with Gasteiger partial charge in [-0.05, 0) is 18.8 Å². The van der Waals surface area contributed by atoms with Crippen molar-refractivity contribution in [3.05, 3.63) is 0 Å². The molecule has 0 bridgehead atoms. The molecule has 0 spiro atoms. The highest BCUT2D eigenvalue weighted by atomic mass is 16.7. The molecule has 0 aliphatic heterocycles. The van der Waals surface area contributed by atoms with E-state index >= 15 is 0 Å². The molecule has 1 unspecified atom stereocenters. The summed E-state index contributed by atoms with van der Waals surface area (Å²) < 4.78 is 9.43. The zero-order chi connectivity index (χ0) is 17.2. The van der Waals surface area contributed by atoms with Gasteiger partial charge in [0.05, 0.1) is 13.7 Å². The van der Waals surface area contributed by atoms with Crippen molar-refractivity contribution < 1.29 is 14.3 Å². The van der Waals surface area contributed by atoms with Gasteiger partial charge in [0, 0.05) is 0 Å². The van der Waals surface area contributed by atoms with Crippen LogP contribution in [-0.4, -0.2) is 19.9 Å². The summed E-state index contributed by atoms with van der Waals surface area (Å²) in [6.07, 6.45) is 17.9. The normalized spacial score (nSPS) is 12.1. The van der Waals surface area contributed by atoms with Gasteiger partial charge in [0.15, 0.2) is 0 Å². The molecule has 0 rings (SSSR count). The average Bonchev–Trinajstić information content (AvgIpc) is 2.57. The number of unbranched alkanes of at least 4 members (excludes halogenated alkanes) is 8. The lowest BCUT2D eigenvalue weighted by Crippen LogP contribution is -2.06. The van der Waals surface area contributed by atoms with Crippen LogP contribution in [-0.2, 0) is 9.47 Å². The van der Waals surface area contributed by atoms with Crippen molar-refractivity contribution in [1.82, 2.24) is 0 Å². The van der Waals surface area contributed by atoms with E-state index in [0.717, 1.165) is 18.8 Å². The highest BCUT2D eigenvalue weighted by Gasteiger charge is 2.09. The van der Waals surface area contributed by atoms with Crippen LogP contribution in [0.15, 0.2) is 0 Å². The van der Waals surface area contributed by atoms with Gasteiger partial charge in [-0.2, -0.15) is 0 Å². The molecule has 0 aliphatic carbocycles. The Labute approximate surface area is 144 Å². The van der Waals surface area contributed by atoms with E-state index in [1.165, 1.54) is 84.2 Å². The van der Waals surface area contributed by atoms with Gasteiger partial charge in [0.25, 0.3) is 0 Å². The maximum Gasteiger partial charge on any atom is 0.507 e. The van der Waals surface area contributed by atoms with E-state index in [1.807, 2.05) is 0 Å². The van der Waals surface area contributed by atoms with Crippen LogP contribution in [0.5, 0.6) is 0 Å². The Balaban J connectivity index is 3.79. The first-order valence-electron chi connectivity index (χ1n) is 9.95. The molecule has 1 atom stereocenters. The van der Waals surface area contributed by atoms with Crippen LogP contribution in [0, 0.1) is 5.92 Å². The maximum absolute atomic E-state index is 10.9. The van der Waals surface area contributed by atoms with E-state index in [-0.39, 0.29) is 0 Å². The molecule has 0 fully saturated rings. The first kappa shape index (κ1) is 22.3. The molecule has 0 radical (unpaired) electrons. The minimum Gasteiger partial charge on any atom is -0.438 e. The minimum atomic E-state index is -0.558. The van der Waals surface area contributed by atoms with Crippen LogP contribution in [0.25, 0.3) is 0 Å². The second-order valence-electron chi connectivity index (χ2n) is 6.72. The molecule has 0 heterocycles. The van der Waals surface area contributed by atoms with Crippen LogP contribution >= 0.6 is 0 Å². The predicted octanol–water partition coefficient (Wildman–Crippen LogP) is 6.89. The number of rotatable bonds is 16. The Bertz CT molecular complexity index is 253. The molecular formula is C20H40O3. The predicted molar refractivity (Wildman–Crippen MR) is 97.8 cm³/mol. The summed E-state index contributed by atoms with van der Waals surface area (Å²) in [4.78, 5) is 10.9. The lowest BCUT2D eigenvalue weighted by Gasteiger charge is -2.17. The fraction of sp³-hybridized carbons (Fsp3) is 0.950. The summed E-state index contributed by atoms with van der Waals surface area (Å²) in [6, 6.07) is 0. The maximum atomic E-state index is 10.9. The van der Waals surface area contributed by atoms with Gasteiger partial charge in [-0.25, -0.2) is 4.79 Å². The molecule has 3 nitrogen and oxygen atoms in total. The molecule has 0 aromatic rings. The quantitative estimate of drug-likeness (QED) is 0.229. The molecule has 0 saturated carbocycles. The summed E-state index contributed by atoms with van der Waals surface area (Å²) in [5.74, 6) is 0.867. The Hall–Kier alpha value is -0.730. The van der Waals surface area contributed by atoms with Gasteiger partial charge >= 0.3 is 6.16 Å². The van der Waals surface area contributed by atoms with Gasteiger partial charge in [-0.15, -0.1) is 0 Å². The number of hydrogen-bond donors (Lipinski definition) is 0. The summed E-state index contributed by atoms with van der Waals surface area (Å²) in [5.41, 5.74) is 0. The molecule has 0 saturated heterocycles. The fourth-order valence-corrected chi connectivity index (χ4v) is 3.08. The van der Waals surface area contributed by atoms with E-state index < -0.39 is 6.16 Å². The molecular weight excluding hydrogens is 288 g/mol. The number of ether oxygens (including phenoxy) is 2. The molecule has 0 aromatic heterocycles. The standard InChI is InChI=1S/C20H40O3/c1-4-6-8-10-12-16-19(15-11-9-7-5-2)17-13-14-18-23-20(21)22-3/h19H,4-18H2,1-3H3. The van der Waals surface area contributed by atoms with Gasteiger partial charge in [-0.3, -0.25) is 0 Å². The molecule has 3 heteroatoms. The first-order chi connectivity index (χ1) is 11.2. The SMILES string of the molecule is CCCCCCCC(CCCCCC)CCCCOC(=O)OC. The summed E-state index contributed by atoms with van der Waals surface area (Å²) >= 11 is 0. The first-order valence-corrected chi connectivity index (χ1v) is 9.95. The highest BCUT2D eigenvalue weighted by molar-refractivity contribution is 5.59. The van der Waals surface area contributed by atoms with Crippen LogP contribution < -0.4 is 0 Å². The van der Waals surface area contributed by atoms with Gasteiger partial charge in [0.1, 0.15) is 0 Å². The van der Waals surface area contributed by atoms with Crippen molar-refractivity contribution in [1.29, 1.82) is 0 Å². The average molecular weight is 329 g/mol. The Morgan fingerprint density at radius 2 is 1.22 bits per heavy atom. The zero-order valence-electron chi connectivity index (χ0n) is 15.9. The smallest absolute Gasteiger partial charge is 0.438 e. The van der Waals surface area contributed by atoms with E-state index in [9.17, 15) is 4.79 Å². The molecule has 0 aliphatic rings. The zero-order valence-corrected chi connectivity index (χ0v) is 15.9.